The second-order valence-corrected chi connectivity index (χ2v) is 10.2. The molecule has 6 atom stereocenters. The molecular formula is C25H37N7O17. The molecule has 0 saturated heterocycles. The van der Waals surface area contributed by atoms with Gasteiger partial charge in [-0.2, -0.15) is 0 Å². The molecule has 0 bridgehead atoms. The van der Waals surface area contributed by atoms with E-state index in [0.717, 1.165) is 0 Å². The maximum absolute atomic E-state index is 13.0. The Labute approximate surface area is 274 Å². The molecule has 0 aliphatic heterocycles. The highest BCUT2D eigenvalue weighted by molar-refractivity contribution is 5.99. The van der Waals surface area contributed by atoms with Crippen LogP contribution >= 0.6 is 0 Å². The lowest BCUT2D eigenvalue weighted by atomic mass is 10.1. The van der Waals surface area contributed by atoms with Crippen molar-refractivity contribution in [3.63, 3.8) is 0 Å². The van der Waals surface area contributed by atoms with E-state index < -0.39 is 134 Å². The van der Waals surface area contributed by atoms with Gasteiger partial charge in [-0.05, 0) is 19.4 Å². The van der Waals surface area contributed by atoms with Crippen LogP contribution in [0.4, 0.5) is 0 Å². The minimum atomic E-state index is -2.19. The number of nitrogens with two attached hydrogens (primary N) is 2. The standard InChI is InChI=1S/C25H37N7O17/c26-3-1-2-10(25(48)49)28-21(44)12(6-17(37)38)30-23(46)14(8-19(41)42)32-24(47)13(7-18(39)40)31-22(45)11(5-16(35)36)29-20(43)9(27)4-15(33)34/h9-14H,1-8,26-27H2,(H,28,44)(H,29,43)(H,30,46)(H,31,45)(H,32,47)(H,33,34)(H,35,36)(H,37,38)(H,39,40)(H,41,42)(H,48,49)/t9-,10-,11-,12-,13-,14-/m0/s1. The maximum Gasteiger partial charge on any atom is 0.326 e. The van der Waals surface area contributed by atoms with Crippen molar-refractivity contribution in [2.24, 2.45) is 11.5 Å². The van der Waals surface area contributed by atoms with Gasteiger partial charge in [-0.1, -0.05) is 0 Å². The van der Waals surface area contributed by atoms with Gasteiger partial charge in [0.05, 0.1) is 38.1 Å². The van der Waals surface area contributed by atoms with Crippen LogP contribution in [0.1, 0.15) is 44.9 Å². The Morgan fingerprint density at radius 3 is 0.939 bits per heavy atom. The highest BCUT2D eigenvalue weighted by Crippen LogP contribution is 2.05. The molecule has 5 amide bonds. The topological polar surface area (TPSA) is 421 Å². The summed E-state index contributed by atoms with van der Waals surface area (Å²) in [4.78, 5) is 132. The zero-order chi connectivity index (χ0) is 38.0. The van der Waals surface area contributed by atoms with Crippen molar-refractivity contribution in [1.29, 1.82) is 0 Å². The second-order valence-electron chi connectivity index (χ2n) is 10.2. The molecule has 0 rings (SSSR count). The van der Waals surface area contributed by atoms with Crippen molar-refractivity contribution in [2.45, 2.75) is 81.2 Å². The molecule has 0 aliphatic rings. The molecule has 0 saturated carbocycles. The monoisotopic (exact) mass is 707 g/mol. The van der Waals surface area contributed by atoms with E-state index in [1.165, 1.54) is 0 Å². The van der Waals surface area contributed by atoms with Crippen molar-refractivity contribution in [2.75, 3.05) is 6.54 Å². The molecule has 0 fully saturated rings. The van der Waals surface area contributed by atoms with Gasteiger partial charge in [0, 0.05) is 0 Å². The average Bonchev–Trinajstić information content (AvgIpc) is 2.96. The maximum atomic E-state index is 13.0. The average molecular weight is 708 g/mol. The summed E-state index contributed by atoms with van der Waals surface area (Å²) >= 11 is 0. The smallest absolute Gasteiger partial charge is 0.326 e. The number of rotatable bonds is 24. The summed E-state index contributed by atoms with van der Waals surface area (Å²) in [5.74, 6) is -17.2. The molecule has 49 heavy (non-hydrogen) atoms. The van der Waals surface area contributed by atoms with Crippen molar-refractivity contribution < 1.29 is 83.4 Å². The van der Waals surface area contributed by atoms with Crippen LogP contribution in [0.25, 0.3) is 0 Å². The number of carboxylic acids is 6. The number of amides is 5. The lowest BCUT2D eigenvalue weighted by Crippen LogP contribution is -2.60. The van der Waals surface area contributed by atoms with E-state index in [9.17, 15) is 73.2 Å². The van der Waals surface area contributed by atoms with Crippen LogP contribution in [0.2, 0.25) is 0 Å². The third kappa shape index (κ3) is 17.5. The minimum absolute atomic E-state index is 0.0324. The molecule has 0 unspecified atom stereocenters. The van der Waals surface area contributed by atoms with Gasteiger partial charge in [0.1, 0.15) is 30.2 Å². The zero-order valence-electron chi connectivity index (χ0n) is 25.4. The first-order valence-electron chi connectivity index (χ1n) is 14.0. The van der Waals surface area contributed by atoms with Crippen LogP contribution in [0.3, 0.4) is 0 Å². The van der Waals surface area contributed by atoms with Crippen molar-refractivity contribution in [1.82, 2.24) is 26.6 Å². The predicted octanol–water partition coefficient (Wildman–Crippen LogP) is -6.07. The van der Waals surface area contributed by atoms with E-state index in [4.69, 9.17) is 21.7 Å². The summed E-state index contributed by atoms with van der Waals surface area (Å²) in [5.41, 5.74) is 10.7. The third-order valence-electron chi connectivity index (χ3n) is 6.09. The van der Waals surface area contributed by atoms with Crippen LogP contribution in [-0.4, -0.2) is 139 Å². The molecule has 0 aromatic heterocycles. The molecular weight excluding hydrogens is 670 g/mol. The molecule has 274 valence electrons. The van der Waals surface area contributed by atoms with E-state index >= 15 is 0 Å². The Bertz CT molecular complexity index is 1310. The Morgan fingerprint density at radius 2 is 0.694 bits per heavy atom. The van der Waals surface area contributed by atoms with Gasteiger partial charge in [0.2, 0.25) is 29.5 Å². The summed E-state index contributed by atoms with van der Waals surface area (Å²) < 4.78 is 0. The molecule has 0 aromatic rings. The van der Waals surface area contributed by atoms with Gasteiger partial charge in [0.15, 0.2) is 0 Å². The first kappa shape index (κ1) is 43.1. The van der Waals surface area contributed by atoms with Gasteiger partial charge in [-0.15, -0.1) is 0 Å². The van der Waals surface area contributed by atoms with Crippen LogP contribution in [0.15, 0.2) is 0 Å². The number of carbonyl (C=O) groups is 11. The minimum Gasteiger partial charge on any atom is -0.481 e. The molecule has 15 N–H and O–H groups in total. The van der Waals surface area contributed by atoms with E-state index in [1.54, 1.807) is 0 Å². The summed E-state index contributed by atoms with van der Waals surface area (Å²) in [7, 11) is 0. The summed E-state index contributed by atoms with van der Waals surface area (Å²) in [5, 5.41) is 64.3. The molecule has 0 aliphatic carbocycles. The second kappa shape index (κ2) is 21.1. The lowest BCUT2D eigenvalue weighted by molar-refractivity contribution is -0.145. The summed E-state index contributed by atoms with van der Waals surface area (Å²) in [6, 6.07) is -11.8. The Balaban J connectivity index is 6.17. The van der Waals surface area contributed by atoms with Gasteiger partial charge in [-0.25, -0.2) is 4.79 Å². The Kier molecular flexibility index (Phi) is 18.5. The number of carbonyl (C=O) groups excluding carboxylic acids is 5. The Hall–Kier alpha value is -5.91. The molecule has 0 radical (unpaired) electrons. The fourth-order valence-electron chi connectivity index (χ4n) is 3.76. The summed E-state index contributed by atoms with van der Waals surface area (Å²) in [6.07, 6.45) is -5.87. The highest BCUT2D eigenvalue weighted by Gasteiger charge is 2.35. The fourth-order valence-corrected chi connectivity index (χ4v) is 3.76. The molecule has 24 heteroatoms. The first-order valence-corrected chi connectivity index (χ1v) is 14.0. The van der Waals surface area contributed by atoms with E-state index in [2.05, 4.69) is 0 Å². The number of hydrogen-bond donors (Lipinski definition) is 13. The van der Waals surface area contributed by atoms with Crippen LogP contribution in [0.5, 0.6) is 0 Å². The van der Waals surface area contributed by atoms with Gasteiger partial charge in [0.25, 0.3) is 0 Å². The largest absolute Gasteiger partial charge is 0.481 e. The number of nitrogens with one attached hydrogen (secondary N) is 5. The van der Waals surface area contributed by atoms with Crippen molar-refractivity contribution >= 4 is 65.4 Å². The van der Waals surface area contributed by atoms with Gasteiger partial charge >= 0.3 is 35.8 Å². The quantitative estimate of drug-likeness (QED) is 0.0444. The zero-order valence-corrected chi connectivity index (χ0v) is 25.4. The number of aliphatic carboxylic acids is 6. The first-order chi connectivity index (χ1) is 22.7. The normalized spacial score (nSPS) is 14.2. The molecule has 0 aromatic carbocycles. The van der Waals surface area contributed by atoms with Crippen molar-refractivity contribution in [3.05, 3.63) is 0 Å². The van der Waals surface area contributed by atoms with Crippen LogP contribution < -0.4 is 38.1 Å². The van der Waals surface area contributed by atoms with Crippen LogP contribution in [-0.2, 0) is 52.7 Å². The number of carboxylic acid groups (broad SMARTS) is 6. The lowest BCUT2D eigenvalue weighted by Gasteiger charge is -2.25. The Morgan fingerprint density at radius 1 is 0.429 bits per heavy atom. The number of hydrogen-bond acceptors (Lipinski definition) is 13. The van der Waals surface area contributed by atoms with Gasteiger partial charge < -0.3 is 68.7 Å². The third-order valence-corrected chi connectivity index (χ3v) is 6.09. The summed E-state index contributed by atoms with van der Waals surface area (Å²) in [6.45, 7) is 0.0324. The SMILES string of the molecule is NCCC[C@H](NC(=O)[C@H](CC(=O)O)NC(=O)[C@H](CC(=O)O)NC(=O)[C@H](CC(=O)O)NC(=O)[C@H](CC(=O)O)NC(=O)[C@@H](N)CC(=O)O)C(=O)O. The van der Waals surface area contributed by atoms with Crippen LogP contribution in [0, 0.1) is 0 Å². The highest BCUT2D eigenvalue weighted by atomic mass is 16.4. The van der Waals surface area contributed by atoms with Gasteiger partial charge in [-0.3, -0.25) is 47.9 Å². The van der Waals surface area contributed by atoms with E-state index in [-0.39, 0.29) is 19.4 Å². The van der Waals surface area contributed by atoms with Crippen molar-refractivity contribution in [3.8, 4) is 0 Å². The van der Waals surface area contributed by atoms with E-state index in [1.807, 2.05) is 26.6 Å². The van der Waals surface area contributed by atoms with E-state index in [0.29, 0.717) is 0 Å². The molecule has 24 nitrogen and oxygen atoms in total. The fraction of sp³-hybridized carbons (Fsp3) is 0.560. The molecule has 0 spiro atoms. The predicted molar refractivity (Wildman–Crippen MR) is 155 cm³/mol. The molecule has 0 heterocycles.